The molecule has 0 bridgehead atoms. The van der Waals surface area contributed by atoms with Crippen LogP contribution in [0.1, 0.15) is 44.5 Å². The summed E-state index contributed by atoms with van der Waals surface area (Å²) >= 11 is 7.80. The smallest absolute Gasteiger partial charge is 0.105 e. The maximum Gasteiger partial charge on any atom is 0.105 e. The molecule has 1 N–H and O–H groups in total. The molecule has 2 nitrogen and oxygen atoms in total. The topological polar surface area (TPSA) is 12.0 Å². The van der Waals surface area contributed by atoms with Gasteiger partial charge in [-0.25, -0.2) is 0 Å². The van der Waals surface area contributed by atoms with Crippen molar-refractivity contribution >= 4 is 118 Å². The Morgan fingerprint density at radius 3 is 0.850 bits per heavy atom. The summed E-state index contributed by atoms with van der Waals surface area (Å²) in [7, 11) is 6.86. The fourth-order valence-electron chi connectivity index (χ4n) is 18.8. The van der Waals surface area contributed by atoms with Crippen molar-refractivity contribution in [2.24, 2.45) is 0 Å². The molecule has 0 amide bonds. The number of halogens is 3. The molecule has 0 saturated carbocycles. The van der Waals surface area contributed by atoms with E-state index in [1.807, 2.05) is 7.05 Å². The summed E-state index contributed by atoms with van der Waals surface area (Å²) in [6.07, 6.45) is 0. The number of nitrogens with zero attached hydrogens (tertiary/aromatic N) is 1. The van der Waals surface area contributed by atoms with Gasteiger partial charge in [-0.2, -0.15) is 0 Å². The van der Waals surface area contributed by atoms with Gasteiger partial charge in [0, 0.05) is 28.3 Å². The number of rotatable bonds is 16. The molecule has 0 fully saturated rings. The first-order valence-corrected chi connectivity index (χ1v) is 43.6. The van der Waals surface area contributed by atoms with Gasteiger partial charge in [-0.15, -0.1) is 0 Å². The molecule has 0 aliphatic heterocycles. The van der Waals surface area contributed by atoms with Crippen molar-refractivity contribution in [1.82, 2.24) is 5.32 Å². The Labute approximate surface area is 732 Å². The van der Waals surface area contributed by atoms with Crippen molar-refractivity contribution in [3.05, 3.63) is 433 Å². The average molecular weight is 1740 g/mol. The average Bonchev–Trinajstić information content (AvgIpc) is 0.740. The zero-order valence-electron chi connectivity index (χ0n) is 68.6. The number of nitrogens with one attached hydrogen (secondary N) is 1. The fourth-order valence-corrected chi connectivity index (χ4v) is 20.0. The van der Waals surface area contributed by atoms with Gasteiger partial charge in [-0.05, 0) is 261 Å². The molecule has 0 aromatic heterocycles. The maximum absolute atomic E-state index is 3.90. The first-order valence-electron chi connectivity index (χ1n) is 41.4. The van der Waals surface area contributed by atoms with Gasteiger partial charge in [-0.1, -0.05) is 396 Å². The highest BCUT2D eigenvalue weighted by atomic mass is 79.9. The Morgan fingerprint density at radius 1 is 0.242 bits per heavy atom. The van der Waals surface area contributed by atoms with Crippen LogP contribution in [0.3, 0.4) is 0 Å². The van der Waals surface area contributed by atoms with Crippen LogP contribution in [0.4, 0.5) is 0 Å². The molecule has 0 atom stereocenters. The van der Waals surface area contributed by atoms with Crippen LogP contribution in [0, 0.1) is 20.8 Å². The minimum absolute atomic E-state index is 0. The first kappa shape index (κ1) is 80.3. The minimum Gasteiger partial charge on any atom is -1.00 e. The third-order valence-electron chi connectivity index (χ3n) is 24.2. The Hall–Kier alpha value is -12.2. The van der Waals surface area contributed by atoms with E-state index in [0.29, 0.717) is 0 Å². The van der Waals surface area contributed by atoms with E-state index < -0.39 is 0 Å². The maximum atomic E-state index is 3.90. The Kier molecular flexibility index (Phi) is 23.7. The van der Waals surface area contributed by atoms with Crippen molar-refractivity contribution < 1.29 is 21.5 Å². The lowest BCUT2D eigenvalue weighted by atomic mass is 9.81. The van der Waals surface area contributed by atoms with Crippen molar-refractivity contribution in [3.63, 3.8) is 0 Å². The van der Waals surface area contributed by atoms with Crippen LogP contribution in [-0.4, -0.2) is 25.6 Å². The number of aryl methyl sites for hydroxylation is 2. The predicted octanol–water partition coefficient (Wildman–Crippen LogP) is 28.8. The van der Waals surface area contributed by atoms with Gasteiger partial charge in [0.05, 0.1) is 14.1 Å². The van der Waals surface area contributed by atoms with Gasteiger partial charge in [0.2, 0.25) is 0 Å². The second-order valence-electron chi connectivity index (χ2n) is 32.3. The largest absolute Gasteiger partial charge is 1.00 e. The Morgan fingerprint density at radius 2 is 0.500 bits per heavy atom. The fraction of sp³-hybridized carbons (Fsp3) is 0.0957. The lowest BCUT2D eigenvalue weighted by molar-refractivity contribution is -0.916. The molecule has 120 heavy (non-hydrogen) atoms. The summed E-state index contributed by atoms with van der Waals surface area (Å²) in [5.41, 5.74) is 31.4. The van der Waals surface area contributed by atoms with Crippen LogP contribution in [0.15, 0.2) is 388 Å². The second kappa shape index (κ2) is 35.4. The molecular formula is C115H93Br3N2. The van der Waals surface area contributed by atoms with Crippen molar-refractivity contribution in [3.8, 4) is 89.0 Å². The lowest BCUT2D eigenvalue weighted by Crippen LogP contribution is -3.00. The molecule has 20 rings (SSSR count). The van der Waals surface area contributed by atoms with Gasteiger partial charge in [0.1, 0.15) is 13.1 Å². The number of hydrogen-bond acceptors (Lipinski definition) is 1. The third-order valence-corrected chi connectivity index (χ3v) is 25.4. The van der Waals surface area contributed by atoms with Crippen LogP contribution < -0.4 is 22.3 Å². The number of fused-ring (bicyclic) bond motifs is 8. The number of benzene rings is 20. The van der Waals surface area contributed by atoms with Crippen LogP contribution in [0.5, 0.6) is 0 Å². The van der Waals surface area contributed by atoms with E-state index in [-0.39, 0.29) is 17.0 Å². The molecular weight excluding hydrogens is 1650 g/mol. The molecule has 0 aliphatic carbocycles. The number of quaternary nitrogens is 1. The molecule has 5 heteroatoms. The van der Waals surface area contributed by atoms with E-state index in [1.54, 1.807) is 0 Å². The molecule has 584 valence electrons. The highest BCUT2D eigenvalue weighted by Gasteiger charge is 2.30. The molecule has 0 saturated heterocycles. The molecule has 0 heterocycles. The minimum atomic E-state index is 0. The normalized spacial score (nSPS) is 11.5. The van der Waals surface area contributed by atoms with Gasteiger partial charge in [-0.3, -0.25) is 0 Å². The third kappa shape index (κ3) is 15.6. The van der Waals surface area contributed by atoms with E-state index in [4.69, 9.17) is 0 Å². The zero-order chi connectivity index (χ0) is 81.1. The SMILES string of the molecule is BrCc1c(-c2ccccc2)cc2ccccc2c1-c1c(CBr)c(-c2ccccc2)cc2ccccc12.CNCc1ccc2ccccc2c1-c1c(C)ccc2ccccc12.Cc1ccc2ccccc2c1-c1c(C[N+](C)(C)Cc2c(-c3ccccc3)cc3ccccc3c2-c2c(C)c(-c3ccccc3)cc3ccccc23)ccc2ccccc12.[Br-]. The molecule has 0 radical (unpaired) electrons. The quantitative estimate of drug-likeness (QED) is 0.0751. The van der Waals surface area contributed by atoms with Crippen molar-refractivity contribution in [2.45, 2.75) is 51.1 Å². The van der Waals surface area contributed by atoms with Gasteiger partial charge in [0.25, 0.3) is 0 Å². The second-order valence-corrected chi connectivity index (χ2v) is 33.4. The van der Waals surface area contributed by atoms with Crippen LogP contribution in [0.25, 0.3) is 175 Å². The zero-order valence-corrected chi connectivity index (χ0v) is 73.3. The number of alkyl halides is 2. The van der Waals surface area contributed by atoms with Crippen LogP contribution in [-0.2, 0) is 30.3 Å². The monoisotopic (exact) mass is 1740 g/mol. The van der Waals surface area contributed by atoms with E-state index >= 15 is 0 Å². The van der Waals surface area contributed by atoms with Crippen molar-refractivity contribution in [2.75, 3.05) is 21.1 Å². The molecule has 0 aliphatic rings. The van der Waals surface area contributed by atoms with Crippen molar-refractivity contribution in [1.29, 1.82) is 0 Å². The lowest BCUT2D eigenvalue weighted by Gasteiger charge is -2.34. The van der Waals surface area contributed by atoms with Crippen LogP contribution >= 0.6 is 31.9 Å². The summed E-state index contributed by atoms with van der Waals surface area (Å²) in [6, 6.07) is 142. The summed E-state index contributed by atoms with van der Waals surface area (Å²) in [5.74, 6) is 0. The van der Waals surface area contributed by atoms with Gasteiger partial charge < -0.3 is 26.8 Å². The Balaban J connectivity index is 0.000000142. The van der Waals surface area contributed by atoms with E-state index in [0.717, 1.165) is 34.8 Å². The molecule has 20 aromatic rings. The van der Waals surface area contributed by atoms with Crippen LogP contribution in [0.2, 0.25) is 0 Å². The summed E-state index contributed by atoms with van der Waals surface area (Å²) in [4.78, 5) is 0. The van der Waals surface area contributed by atoms with E-state index in [1.165, 1.54) is 220 Å². The summed E-state index contributed by atoms with van der Waals surface area (Å²) < 4.78 is 0.760. The van der Waals surface area contributed by atoms with Gasteiger partial charge >= 0.3 is 0 Å². The number of hydrogen-bond donors (Lipinski definition) is 1. The highest BCUT2D eigenvalue weighted by molar-refractivity contribution is 9.08. The predicted molar refractivity (Wildman–Crippen MR) is 521 cm³/mol. The first-order chi connectivity index (χ1) is 58.4. The van der Waals surface area contributed by atoms with Gasteiger partial charge in [0.15, 0.2) is 0 Å². The van der Waals surface area contributed by atoms with E-state index in [2.05, 4.69) is 460 Å². The Bertz CT molecular complexity index is 7070. The molecule has 0 unspecified atom stereocenters. The molecule has 0 spiro atoms. The summed E-state index contributed by atoms with van der Waals surface area (Å²) in [6.45, 7) is 9.37. The highest BCUT2D eigenvalue weighted by Crippen LogP contribution is 2.51. The molecule has 20 aromatic carbocycles. The summed E-state index contributed by atoms with van der Waals surface area (Å²) in [5, 5.41) is 25.4. The standard InChI is InChI=1S/C58H48N.C34H24Br2.C23H21N.BrH/c1-39-31-32-43-23-11-15-27-48(43)55(39)57-47(34-33-44-24-12-16-28-49(44)57)37-59(3,4)38-54-53(42-21-9-6-10-22-42)36-46-26-14-18-30-51(46)58(54)56-40(2)52(41-19-7-5-8-20-41)35-45-25-13-17-29-50(45)56;35-21-31-29(23-11-3-1-4-12-23)19-25-15-7-9-17-27(25)33(31)34-28-18-10-8-16-26(28)20-30(32(34)22-36)24-13-5-2-6-14-24;1-16-11-12-17-7-3-5-9-20(17)22(16)23-19(15-24-2)14-13-18-8-4-6-10-21(18)23;/h5-36H,37-38H2,1-4H3;1-20H,21-22H2;3-14,24H,15H2,1-2H3;1H/q+1;;;/p-1. The van der Waals surface area contributed by atoms with E-state index in [9.17, 15) is 0 Å².